The minimum Gasteiger partial charge on any atom is -0.389 e. The first-order valence-corrected chi connectivity index (χ1v) is 4.63. The Morgan fingerprint density at radius 2 is 2.14 bits per heavy atom. The number of rotatable bonds is 3. The zero-order valence-electron chi connectivity index (χ0n) is 7.81. The van der Waals surface area contributed by atoms with Gasteiger partial charge in [0.05, 0.1) is 6.10 Å². The number of pyridine rings is 1. The number of aromatic nitrogens is 1. The molecular formula is C9H13ClN2O2. The van der Waals surface area contributed by atoms with Crippen LogP contribution in [0.5, 0.6) is 0 Å². The van der Waals surface area contributed by atoms with Crippen LogP contribution in [0.25, 0.3) is 0 Å². The third kappa shape index (κ3) is 2.42. The number of aliphatic hydroxyl groups is 2. The van der Waals surface area contributed by atoms with Crippen molar-refractivity contribution in [2.24, 2.45) is 5.73 Å². The molecule has 0 saturated heterocycles. The van der Waals surface area contributed by atoms with Gasteiger partial charge in [-0.3, -0.25) is 0 Å². The van der Waals surface area contributed by atoms with Gasteiger partial charge in [-0.2, -0.15) is 0 Å². The van der Waals surface area contributed by atoms with Crippen LogP contribution in [-0.4, -0.2) is 27.8 Å². The van der Waals surface area contributed by atoms with Crippen molar-refractivity contribution >= 4 is 11.6 Å². The lowest BCUT2D eigenvalue weighted by atomic mass is 10.1. The molecule has 0 aliphatic carbocycles. The second-order valence-corrected chi connectivity index (χ2v) is 3.44. The van der Waals surface area contributed by atoms with Gasteiger partial charge in [0.25, 0.3) is 0 Å². The lowest BCUT2D eigenvalue weighted by Crippen LogP contribution is -2.27. The molecule has 0 bridgehead atoms. The summed E-state index contributed by atoms with van der Waals surface area (Å²) in [6.07, 6.45) is -2.10. The molecular weight excluding hydrogens is 204 g/mol. The minimum absolute atomic E-state index is 0.0224. The van der Waals surface area contributed by atoms with E-state index in [0.29, 0.717) is 5.56 Å². The molecule has 0 fully saturated rings. The third-order valence-electron chi connectivity index (χ3n) is 1.94. The number of aryl methyl sites for hydroxylation is 1. The Labute approximate surface area is 87.3 Å². The van der Waals surface area contributed by atoms with Crippen molar-refractivity contribution in [2.75, 3.05) is 6.54 Å². The van der Waals surface area contributed by atoms with Gasteiger partial charge in [0.15, 0.2) is 0 Å². The van der Waals surface area contributed by atoms with E-state index in [1.54, 1.807) is 19.1 Å². The fourth-order valence-corrected chi connectivity index (χ4v) is 1.40. The molecule has 0 aliphatic heterocycles. The maximum Gasteiger partial charge on any atom is 0.135 e. The molecule has 0 aliphatic rings. The molecule has 78 valence electrons. The van der Waals surface area contributed by atoms with Gasteiger partial charge in [0.1, 0.15) is 11.3 Å². The van der Waals surface area contributed by atoms with Gasteiger partial charge in [-0.15, -0.1) is 0 Å². The quantitative estimate of drug-likeness (QED) is 0.639. The van der Waals surface area contributed by atoms with Crippen molar-refractivity contribution in [1.29, 1.82) is 0 Å². The highest BCUT2D eigenvalue weighted by Crippen LogP contribution is 2.23. The summed E-state index contributed by atoms with van der Waals surface area (Å²) >= 11 is 5.80. The first-order valence-electron chi connectivity index (χ1n) is 4.25. The largest absolute Gasteiger partial charge is 0.389 e. The molecule has 4 N–H and O–H groups in total. The van der Waals surface area contributed by atoms with Gasteiger partial charge in [-0.05, 0) is 13.0 Å². The van der Waals surface area contributed by atoms with E-state index in [4.69, 9.17) is 17.3 Å². The highest BCUT2D eigenvalue weighted by Gasteiger charge is 2.19. The average molecular weight is 217 g/mol. The number of halogens is 1. The topological polar surface area (TPSA) is 79.4 Å². The Balaban J connectivity index is 2.95. The fraction of sp³-hybridized carbons (Fsp3) is 0.444. The standard InChI is InChI=1S/C9H13ClN2O2/c1-5-2-3-6(9(10)12-5)8(14)7(13)4-11/h2-3,7-8,13-14H,4,11H2,1H3. The number of aliphatic hydroxyl groups excluding tert-OH is 2. The van der Waals surface area contributed by atoms with E-state index in [2.05, 4.69) is 4.98 Å². The predicted molar refractivity (Wildman–Crippen MR) is 54.0 cm³/mol. The summed E-state index contributed by atoms with van der Waals surface area (Å²) < 4.78 is 0. The first-order chi connectivity index (χ1) is 6.56. The van der Waals surface area contributed by atoms with Crippen molar-refractivity contribution in [3.8, 4) is 0 Å². The number of nitrogens with zero attached hydrogens (tertiary/aromatic N) is 1. The van der Waals surface area contributed by atoms with Gasteiger partial charge >= 0.3 is 0 Å². The summed E-state index contributed by atoms with van der Waals surface area (Å²) in [6, 6.07) is 3.35. The maximum atomic E-state index is 9.61. The van der Waals surface area contributed by atoms with Gasteiger partial charge in [0.2, 0.25) is 0 Å². The summed E-state index contributed by atoms with van der Waals surface area (Å²) in [7, 11) is 0. The van der Waals surface area contributed by atoms with Crippen molar-refractivity contribution in [2.45, 2.75) is 19.1 Å². The Morgan fingerprint density at radius 1 is 1.50 bits per heavy atom. The second-order valence-electron chi connectivity index (χ2n) is 3.08. The molecule has 1 rings (SSSR count). The molecule has 0 spiro atoms. The molecule has 14 heavy (non-hydrogen) atoms. The Kier molecular flexibility index (Phi) is 3.83. The Morgan fingerprint density at radius 3 is 2.64 bits per heavy atom. The van der Waals surface area contributed by atoms with Crippen molar-refractivity contribution < 1.29 is 10.2 Å². The van der Waals surface area contributed by atoms with E-state index in [9.17, 15) is 10.2 Å². The van der Waals surface area contributed by atoms with Crippen LogP contribution in [0.2, 0.25) is 5.15 Å². The molecule has 0 saturated carbocycles. The zero-order chi connectivity index (χ0) is 10.7. The number of hydrogen-bond donors (Lipinski definition) is 3. The normalized spacial score (nSPS) is 15.2. The van der Waals surface area contributed by atoms with Crippen LogP contribution in [0, 0.1) is 6.92 Å². The zero-order valence-corrected chi connectivity index (χ0v) is 8.57. The SMILES string of the molecule is Cc1ccc(C(O)C(O)CN)c(Cl)n1. The van der Waals surface area contributed by atoms with Crippen LogP contribution in [0.1, 0.15) is 17.4 Å². The molecule has 5 heteroatoms. The fourth-order valence-electron chi connectivity index (χ4n) is 1.09. The Bertz CT molecular complexity index is 320. The summed E-state index contributed by atoms with van der Waals surface area (Å²) in [5.41, 5.74) is 6.37. The monoisotopic (exact) mass is 216 g/mol. The van der Waals surface area contributed by atoms with Gasteiger partial charge < -0.3 is 15.9 Å². The first kappa shape index (κ1) is 11.4. The van der Waals surface area contributed by atoms with E-state index >= 15 is 0 Å². The molecule has 4 nitrogen and oxygen atoms in total. The molecule has 2 atom stereocenters. The van der Waals surface area contributed by atoms with E-state index in [1.165, 1.54) is 0 Å². The van der Waals surface area contributed by atoms with Crippen LogP contribution in [0.4, 0.5) is 0 Å². The summed E-state index contributed by atoms with van der Waals surface area (Å²) in [5.74, 6) is 0. The summed E-state index contributed by atoms with van der Waals surface area (Å²) in [6.45, 7) is 1.77. The molecule has 1 heterocycles. The molecule has 0 amide bonds. The van der Waals surface area contributed by atoms with E-state index in [0.717, 1.165) is 5.69 Å². The molecule has 0 radical (unpaired) electrons. The predicted octanol–water partition coefficient (Wildman–Crippen LogP) is 0.396. The van der Waals surface area contributed by atoms with E-state index < -0.39 is 12.2 Å². The van der Waals surface area contributed by atoms with Crippen LogP contribution in [-0.2, 0) is 0 Å². The van der Waals surface area contributed by atoms with Gasteiger partial charge in [0, 0.05) is 17.8 Å². The van der Waals surface area contributed by atoms with Crippen molar-refractivity contribution in [3.05, 3.63) is 28.5 Å². The number of nitrogens with two attached hydrogens (primary N) is 1. The maximum absolute atomic E-state index is 9.61. The van der Waals surface area contributed by atoms with Crippen LogP contribution in [0.15, 0.2) is 12.1 Å². The summed E-state index contributed by atoms with van der Waals surface area (Å²) in [4.78, 5) is 3.96. The number of hydrogen-bond acceptors (Lipinski definition) is 4. The lowest BCUT2D eigenvalue weighted by Gasteiger charge is -2.17. The molecule has 0 aromatic carbocycles. The van der Waals surface area contributed by atoms with Crippen LogP contribution in [0.3, 0.4) is 0 Å². The van der Waals surface area contributed by atoms with Gasteiger partial charge in [-0.25, -0.2) is 4.98 Å². The van der Waals surface area contributed by atoms with Crippen LogP contribution < -0.4 is 5.73 Å². The smallest absolute Gasteiger partial charge is 0.135 e. The molecule has 1 aromatic rings. The average Bonchev–Trinajstić information content (AvgIpc) is 2.15. The minimum atomic E-state index is -1.08. The van der Waals surface area contributed by atoms with Gasteiger partial charge in [-0.1, -0.05) is 17.7 Å². The molecule has 2 unspecified atom stereocenters. The van der Waals surface area contributed by atoms with E-state index in [-0.39, 0.29) is 11.7 Å². The lowest BCUT2D eigenvalue weighted by molar-refractivity contribution is 0.0242. The Hall–Kier alpha value is -0.680. The third-order valence-corrected chi connectivity index (χ3v) is 2.24. The molecule has 1 aromatic heterocycles. The van der Waals surface area contributed by atoms with E-state index in [1.807, 2.05) is 0 Å². The highest BCUT2D eigenvalue weighted by atomic mass is 35.5. The second kappa shape index (κ2) is 4.70. The van der Waals surface area contributed by atoms with Crippen molar-refractivity contribution in [3.63, 3.8) is 0 Å². The summed E-state index contributed by atoms with van der Waals surface area (Å²) in [5, 5.41) is 19.1. The van der Waals surface area contributed by atoms with Crippen molar-refractivity contribution in [1.82, 2.24) is 4.98 Å². The highest BCUT2D eigenvalue weighted by molar-refractivity contribution is 6.30. The van der Waals surface area contributed by atoms with Crippen LogP contribution >= 0.6 is 11.6 Å².